The summed E-state index contributed by atoms with van der Waals surface area (Å²) < 4.78 is 5.27. The number of rotatable bonds is 9. The second-order valence-electron chi connectivity index (χ2n) is 10.1. The molecule has 3 N–H and O–H groups in total. The maximum atomic E-state index is 12.8. The molecule has 2 aliphatic rings. The zero-order valence-corrected chi connectivity index (χ0v) is 18.8. The van der Waals surface area contributed by atoms with E-state index in [-0.39, 0.29) is 17.4 Å². The Balaban J connectivity index is 1.44. The summed E-state index contributed by atoms with van der Waals surface area (Å²) in [5, 5.41) is 0. The van der Waals surface area contributed by atoms with Crippen molar-refractivity contribution in [2.24, 2.45) is 17.1 Å². The number of oxazole rings is 1. The number of H-pyrrole nitrogens is 1. The minimum absolute atomic E-state index is 0.164. The number of amides is 1. The van der Waals surface area contributed by atoms with Crippen LogP contribution in [0.1, 0.15) is 43.7 Å². The van der Waals surface area contributed by atoms with Crippen LogP contribution in [0, 0.1) is 11.3 Å². The number of benzene rings is 2. The van der Waals surface area contributed by atoms with Crippen molar-refractivity contribution in [2.45, 2.75) is 50.5 Å². The topological polar surface area (TPSA) is 92.3 Å². The van der Waals surface area contributed by atoms with Crippen molar-refractivity contribution < 1.29 is 9.21 Å². The number of carbonyl (C=O) groups excluding carboxylic acids is 1. The lowest BCUT2D eigenvalue weighted by atomic mass is 9.81. The number of fused-ring (bicyclic) bond motifs is 1. The zero-order valence-electron chi connectivity index (χ0n) is 18.8. The molecule has 168 valence electrons. The van der Waals surface area contributed by atoms with Crippen molar-refractivity contribution in [2.75, 3.05) is 13.6 Å². The highest BCUT2D eigenvalue weighted by Crippen LogP contribution is 2.67. The molecule has 6 nitrogen and oxygen atoms in total. The van der Waals surface area contributed by atoms with Crippen LogP contribution in [0.25, 0.3) is 11.1 Å². The molecule has 3 aromatic rings. The molecule has 2 aromatic carbocycles. The predicted octanol–water partition coefficient (Wildman–Crippen LogP) is 3.60. The molecule has 2 saturated carbocycles. The van der Waals surface area contributed by atoms with Gasteiger partial charge in [0.25, 0.3) is 0 Å². The fourth-order valence-electron chi connectivity index (χ4n) is 5.53. The normalized spacial score (nSPS) is 25.8. The SMILES string of the molecule is CN(CC1CC1)[C@@H](Cc1ccc2[nH]c(=O)oc2c1)CC1(C(N)=O)CC1(C)c1ccccc1. The largest absolute Gasteiger partial charge is 0.417 e. The Bertz CT molecular complexity index is 1200. The minimum atomic E-state index is -0.554. The third kappa shape index (κ3) is 3.66. The summed E-state index contributed by atoms with van der Waals surface area (Å²) >= 11 is 0. The Hall–Kier alpha value is -2.86. The van der Waals surface area contributed by atoms with Crippen LogP contribution in [-0.2, 0) is 16.6 Å². The molecule has 1 heterocycles. The first kappa shape index (κ1) is 21.0. The van der Waals surface area contributed by atoms with E-state index in [0.29, 0.717) is 17.5 Å². The summed E-state index contributed by atoms with van der Waals surface area (Å²) in [7, 11) is 2.16. The number of primary amides is 1. The molecular weight excluding hydrogens is 402 g/mol. The maximum absolute atomic E-state index is 12.8. The minimum Gasteiger partial charge on any atom is -0.408 e. The third-order valence-corrected chi connectivity index (χ3v) is 7.88. The summed E-state index contributed by atoms with van der Waals surface area (Å²) in [6.45, 7) is 3.20. The average molecular weight is 434 g/mol. The van der Waals surface area contributed by atoms with E-state index in [1.54, 1.807) is 0 Å². The van der Waals surface area contributed by atoms with Crippen molar-refractivity contribution in [1.29, 1.82) is 0 Å². The van der Waals surface area contributed by atoms with E-state index in [9.17, 15) is 9.59 Å². The van der Waals surface area contributed by atoms with Crippen LogP contribution in [0.3, 0.4) is 0 Å². The van der Waals surface area contributed by atoms with Gasteiger partial charge < -0.3 is 15.1 Å². The van der Waals surface area contributed by atoms with Gasteiger partial charge in [-0.1, -0.05) is 43.3 Å². The quantitative estimate of drug-likeness (QED) is 0.539. The van der Waals surface area contributed by atoms with Gasteiger partial charge in [-0.2, -0.15) is 0 Å². The van der Waals surface area contributed by atoms with E-state index < -0.39 is 11.2 Å². The molecule has 6 heteroatoms. The number of nitrogens with one attached hydrogen (secondary N) is 1. The van der Waals surface area contributed by atoms with E-state index in [1.807, 2.05) is 36.4 Å². The molecule has 5 rings (SSSR count). The van der Waals surface area contributed by atoms with Crippen LogP contribution in [0.15, 0.2) is 57.7 Å². The van der Waals surface area contributed by atoms with Gasteiger partial charge >= 0.3 is 5.76 Å². The third-order valence-electron chi connectivity index (χ3n) is 7.88. The molecule has 0 radical (unpaired) electrons. The van der Waals surface area contributed by atoms with E-state index >= 15 is 0 Å². The number of nitrogens with zero attached hydrogens (tertiary/aromatic N) is 1. The molecule has 1 amide bonds. The second-order valence-corrected chi connectivity index (χ2v) is 10.1. The Morgan fingerprint density at radius 3 is 2.69 bits per heavy atom. The highest BCUT2D eigenvalue weighted by Gasteiger charge is 2.69. The van der Waals surface area contributed by atoms with Gasteiger partial charge in [0.15, 0.2) is 5.58 Å². The first-order valence-corrected chi connectivity index (χ1v) is 11.5. The smallest absolute Gasteiger partial charge is 0.408 e. The molecule has 0 saturated heterocycles. The highest BCUT2D eigenvalue weighted by atomic mass is 16.4. The van der Waals surface area contributed by atoms with Gasteiger partial charge in [0.1, 0.15) is 0 Å². The highest BCUT2D eigenvalue weighted by molar-refractivity contribution is 5.87. The Morgan fingerprint density at radius 2 is 2.00 bits per heavy atom. The number of hydrogen-bond acceptors (Lipinski definition) is 4. The maximum Gasteiger partial charge on any atom is 0.417 e. The summed E-state index contributed by atoms with van der Waals surface area (Å²) in [5.74, 6) is 0.0986. The van der Waals surface area contributed by atoms with Crippen molar-refractivity contribution in [1.82, 2.24) is 9.88 Å². The Morgan fingerprint density at radius 1 is 1.25 bits per heavy atom. The van der Waals surface area contributed by atoms with E-state index in [2.05, 4.69) is 36.0 Å². The number of hydrogen-bond donors (Lipinski definition) is 2. The summed E-state index contributed by atoms with van der Waals surface area (Å²) in [5.41, 5.74) is 8.82. The van der Waals surface area contributed by atoms with Gasteiger partial charge in [0.05, 0.1) is 10.9 Å². The number of aromatic nitrogens is 1. The lowest BCUT2D eigenvalue weighted by molar-refractivity contribution is -0.124. The Kier molecular flexibility index (Phi) is 5.01. The van der Waals surface area contributed by atoms with E-state index in [4.69, 9.17) is 10.2 Å². The van der Waals surface area contributed by atoms with Gasteiger partial charge in [-0.3, -0.25) is 9.78 Å². The summed E-state index contributed by atoms with van der Waals surface area (Å²) in [6.07, 6.45) is 4.82. The van der Waals surface area contributed by atoms with Crippen molar-refractivity contribution >= 4 is 17.0 Å². The summed E-state index contributed by atoms with van der Waals surface area (Å²) in [4.78, 5) is 29.5. The van der Waals surface area contributed by atoms with Crippen LogP contribution < -0.4 is 11.5 Å². The lowest BCUT2D eigenvalue weighted by Gasteiger charge is -2.33. The molecule has 2 aliphatic carbocycles. The number of aromatic amines is 1. The standard InChI is InChI=1S/C26H31N3O3/c1-25(19-6-4-3-5-7-19)16-26(25,23(27)30)14-20(29(2)15-17-8-9-17)12-18-10-11-21-22(13-18)32-24(31)28-21/h3-7,10-11,13,17,20H,8-9,12,14-16H2,1-2H3,(H2,27,30)(H,28,31)/t20-,25?,26?/m0/s1. The first-order chi connectivity index (χ1) is 15.3. The summed E-state index contributed by atoms with van der Waals surface area (Å²) in [6, 6.07) is 16.3. The fourth-order valence-corrected chi connectivity index (χ4v) is 5.53. The zero-order chi connectivity index (χ0) is 22.5. The monoisotopic (exact) mass is 433 g/mol. The molecular formula is C26H31N3O3. The van der Waals surface area contributed by atoms with Gasteiger partial charge in [-0.25, -0.2) is 4.79 Å². The van der Waals surface area contributed by atoms with Crippen molar-refractivity contribution in [3.8, 4) is 0 Å². The molecule has 0 bridgehead atoms. The van der Waals surface area contributed by atoms with Crippen LogP contribution >= 0.6 is 0 Å². The van der Waals surface area contributed by atoms with Gasteiger partial charge in [-0.05, 0) is 68.3 Å². The molecule has 3 atom stereocenters. The molecule has 0 aliphatic heterocycles. The number of nitrogens with two attached hydrogens (primary N) is 1. The van der Waals surface area contributed by atoms with Crippen LogP contribution in [0.4, 0.5) is 0 Å². The van der Waals surface area contributed by atoms with Crippen LogP contribution in [-0.4, -0.2) is 35.4 Å². The molecule has 2 fully saturated rings. The van der Waals surface area contributed by atoms with Gasteiger partial charge in [0, 0.05) is 18.0 Å². The van der Waals surface area contributed by atoms with Crippen molar-refractivity contribution in [3.63, 3.8) is 0 Å². The molecule has 0 spiro atoms. The van der Waals surface area contributed by atoms with E-state index in [1.165, 1.54) is 18.4 Å². The molecule has 32 heavy (non-hydrogen) atoms. The Labute approximate surface area is 187 Å². The number of likely N-dealkylation sites (N-methyl/N-ethyl adjacent to an activating group) is 1. The second kappa shape index (κ2) is 7.62. The van der Waals surface area contributed by atoms with E-state index in [0.717, 1.165) is 30.9 Å². The average Bonchev–Trinajstić information content (AvgIpc) is 3.65. The fraction of sp³-hybridized carbons (Fsp3) is 0.462. The van der Waals surface area contributed by atoms with Crippen molar-refractivity contribution in [3.05, 3.63) is 70.2 Å². The molecule has 1 aromatic heterocycles. The van der Waals surface area contributed by atoms with Gasteiger partial charge in [0.2, 0.25) is 5.91 Å². The van der Waals surface area contributed by atoms with Crippen LogP contribution in [0.5, 0.6) is 0 Å². The predicted molar refractivity (Wildman–Crippen MR) is 124 cm³/mol. The lowest BCUT2D eigenvalue weighted by Crippen LogP contribution is -2.42. The number of carbonyl (C=O) groups is 1. The van der Waals surface area contributed by atoms with Gasteiger partial charge in [-0.15, -0.1) is 0 Å². The molecule has 2 unspecified atom stereocenters. The van der Waals surface area contributed by atoms with Crippen LogP contribution in [0.2, 0.25) is 0 Å². The first-order valence-electron chi connectivity index (χ1n) is 11.5.